The van der Waals surface area contributed by atoms with Crippen LogP contribution in [0.25, 0.3) is 22.5 Å². The molecule has 3 aromatic heterocycles. The number of esters is 1. The van der Waals surface area contributed by atoms with Gasteiger partial charge >= 0.3 is 5.97 Å². The van der Waals surface area contributed by atoms with Gasteiger partial charge < -0.3 is 14.6 Å². The first kappa shape index (κ1) is 23.2. The zero-order valence-electron chi connectivity index (χ0n) is 18.5. The molecule has 4 rings (SSSR count). The number of amides is 1. The number of benzene rings is 1. The highest BCUT2D eigenvalue weighted by Gasteiger charge is 2.23. The van der Waals surface area contributed by atoms with E-state index in [4.69, 9.17) is 4.74 Å². The number of hydrogen-bond acceptors (Lipinski definition) is 8. The third-order valence-electron chi connectivity index (χ3n) is 5.21. The molecule has 0 spiro atoms. The highest BCUT2D eigenvalue weighted by molar-refractivity contribution is 7.99. The number of anilines is 1. The summed E-state index contributed by atoms with van der Waals surface area (Å²) in [7, 11) is 3.22. The maximum Gasteiger partial charge on any atom is 0.341 e. The van der Waals surface area contributed by atoms with Crippen LogP contribution in [-0.4, -0.2) is 39.5 Å². The molecule has 0 aliphatic carbocycles. The largest absolute Gasteiger partial charge is 0.465 e. The van der Waals surface area contributed by atoms with E-state index in [0.717, 1.165) is 22.5 Å². The SMILES string of the molecule is COC(=O)c1c(-c2ccccc2)csc1NC(=O)CSc1nnc(-c2csc(C)c2C)n1C. The third-order valence-corrected chi connectivity index (χ3v) is 8.14. The molecule has 1 N–H and O–H groups in total. The van der Waals surface area contributed by atoms with E-state index in [1.54, 1.807) is 11.3 Å². The van der Waals surface area contributed by atoms with Crippen LogP contribution in [0.4, 0.5) is 5.00 Å². The summed E-state index contributed by atoms with van der Waals surface area (Å²) in [5, 5.41) is 16.5. The van der Waals surface area contributed by atoms with Crippen molar-refractivity contribution in [3.8, 4) is 22.5 Å². The number of carbonyl (C=O) groups excluding carboxylic acids is 2. The number of aromatic nitrogens is 3. The van der Waals surface area contributed by atoms with E-state index in [-0.39, 0.29) is 11.7 Å². The molecule has 33 heavy (non-hydrogen) atoms. The average molecular weight is 499 g/mol. The van der Waals surface area contributed by atoms with Crippen molar-refractivity contribution in [2.75, 3.05) is 18.2 Å². The maximum absolute atomic E-state index is 12.7. The molecule has 1 aromatic carbocycles. The molecule has 1 amide bonds. The van der Waals surface area contributed by atoms with Crippen LogP contribution in [0.5, 0.6) is 0 Å². The van der Waals surface area contributed by atoms with Crippen LogP contribution in [-0.2, 0) is 16.6 Å². The second kappa shape index (κ2) is 9.90. The van der Waals surface area contributed by atoms with Crippen LogP contribution in [0.15, 0.2) is 46.2 Å². The Morgan fingerprint density at radius 1 is 1.09 bits per heavy atom. The highest BCUT2D eigenvalue weighted by atomic mass is 32.2. The predicted molar refractivity (Wildman–Crippen MR) is 134 cm³/mol. The molecule has 10 heteroatoms. The molecule has 0 radical (unpaired) electrons. The second-order valence-corrected chi connectivity index (χ2v) is 10.1. The number of nitrogens with zero attached hydrogens (tertiary/aromatic N) is 3. The second-order valence-electron chi connectivity index (χ2n) is 7.24. The van der Waals surface area contributed by atoms with Gasteiger partial charge in [0.15, 0.2) is 11.0 Å². The van der Waals surface area contributed by atoms with Crippen LogP contribution in [0.1, 0.15) is 20.8 Å². The van der Waals surface area contributed by atoms with Crippen LogP contribution in [0.2, 0.25) is 0 Å². The number of ether oxygens (including phenoxy) is 1. The average Bonchev–Trinajstić information content (AvgIpc) is 3.50. The standard InChI is InChI=1S/C23H22N4O3S3/c1-13-14(2)31-10-16(13)20-25-26-23(27(20)3)33-12-18(28)24-21-19(22(29)30-4)17(11-32-21)15-8-6-5-7-9-15/h5-11H,12H2,1-4H3,(H,24,28). The molecular formula is C23H22N4O3S3. The monoisotopic (exact) mass is 498 g/mol. The molecule has 0 saturated heterocycles. The zero-order chi connectivity index (χ0) is 23.5. The Labute approximate surface area is 203 Å². The third kappa shape index (κ3) is 4.73. The van der Waals surface area contributed by atoms with Gasteiger partial charge in [0.25, 0.3) is 0 Å². The number of thioether (sulfide) groups is 1. The van der Waals surface area contributed by atoms with E-state index in [1.165, 1.54) is 40.6 Å². The van der Waals surface area contributed by atoms with E-state index in [1.807, 2.05) is 47.3 Å². The van der Waals surface area contributed by atoms with Crippen molar-refractivity contribution < 1.29 is 14.3 Å². The minimum atomic E-state index is -0.488. The smallest absolute Gasteiger partial charge is 0.341 e. The van der Waals surface area contributed by atoms with E-state index < -0.39 is 5.97 Å². The van der Waals surface area contributed by atoms with Gasteiger partial charge in [0, 0.05) is 33.8 Å². The normalized spacial score (nSPS) is 10.9. The van der Waals surface area contributed by atoms with Gasteiger partial charge in [-0.3, -0.25) is 4.79 Å². The molecule has 0 atom stereocenters. The number of hydrogen-bond donors (Lipinski definition) is 1. The molecular weight excluding hydrogens is 476 g/mol. The van der Waals surface area contributed by atoms with Crippen LogP contribution in [0, 0.1) is 13.8 Å². The van der Waals surface area contributed by atoms with Gasteiger partial charge in [-0.15, -0.1) is 32.9 Å². The fraction of sp³-hybridized carbons (Fsp3) is 0.217. The Hall–Kier alpha value is -2.95. The lowest BCUT2D eigenvalue weighted by atomic mass is 10.0. The van der Waals surface area contributed by atoms with Gasteiger partial charge in [0.1, 0.15) is 10.6 Å². The first-order chi connectivity index (χ1) is 15.9. The first-order valence-corrected chi connectivity index (χ1v) is 12.8. The topological polar surface area (TPSA) is 86.1 Å². The molecule has 0 fully saturated rings. The summed E-state index contributed by atoms with van der Waals surface area (Å²) in [4.78, 5) is 26.4. The van der Waals surface area contributed by atoms with Crippen molar-refractivity contribution in [2.24, 2.45) is 7.05 Å². The fourth-order valence-corrected chi connectivity index (χ4v) is 5.83. The summed E-state index contributed by atoms with van der Waals surface area (Å²) in [6, 6.07) is 9.54. The van der Waals surface area contributed by atoms with Gasteiger partial charge in [-0.05, 0) is 25.0 Å². The Balaban J connectivity index is 1.49. The minimum absolute atomic E-state index is 0.132. The van der Waals surface area contributed by atoms with Gasteiger partial charge in [-0.1, -0.05) is 42.1 Å². The van der Waals surface area contributed by atoms with Crippen molar-refractivity contribution in [3.63, 3.8) is 0 Å². The summed E-state index contributed by atoms with van der Waals surface area (Å²) in [6.45, 7) is 4.15. The summed E-state index contributed by atoms with van der Waals surface area (Å²) >= 11 is 4.27. The molecule has 170 valence electrons. The summed E-state index contributed by atoms with van der Waals surface area (Å²) in [5.41, 5.74) is 4.21. The Morgan fingerprint density at radius 3 is 2.48 bits per heavy atom. The molecule has 0 aliphatic rings. The van der Waals surface area contributed by atoms with Crippen molar-refractivity contribution in [1.82, 2.24) is 14.8 Å². The summed E-state index contributed by atoms with van der Waals surface area (Å²) < 4.78 is 6.86. The number of thiophene rings is 2. The molecule has 0 unspecified atom stereocenters. The van der Waals surface area contributed by atoms with Crippen molar-refractivity contribution in [2.45, 2.75) is 19.0 Å². The maximum atomic E-state index is 12.7. The van der Waals surface area contributed by atoms with Gasteiger partial charge in [0.05, 0.1) is 12.9 Å². The van der Waals surface area contributed by atoms with Crippen molar-refractivity contribution in [1.29, 1.82) is 0 Å². The molecule has 0 bridgehead atoms. The molecule has 7 nitrogen and oxygen atoms in total. The quantitative estimate of drug-likeness (QED) is 0.271. The van der Waals surface area contributed by atoms with E-state index in [2.05, 4.69) is 34.7 Å². The van der Waals surface area contributed by atoms with Gasteiger partial charge in [0.2, 0.25) is 5.91 Å². The minimum Gasteiger partial charge on any atom is -0.465 e. The molecule has 0 saturated carbocycles. The van der Waals surface area contributed by atoms with Crippen LogP contribution in [0.3, 0.4) is 0 Å². The van der Waals surface area contributed by atoms with Crippen molar-refractivity contribution >= 4 is 51.3 Å². The summed E-state index contributed by atoms with van der Waals surface area (Å²) in [6.07, 6.45) is 0. The number of rotatable bonds is 7. The lowest BCUT2D eigenvalue weighted by Gasteiger charge is -2.08. The first-order valence-electron chi connectivity index (χ1n) is 10.0. The molecule has 3 heterocycles. The highest BCUT2D eigenvalue weighted by Crippen LogP contribution is 2.36. The van der Waals surface area contributed by atoms with Gasteiger partial charge in [-0.2, -0.15) is 0 Å². The lowest BCUT2D eigenvalue weighted by molar-refractivity contribution is -0.113. The molecule has 4 aromatic rings. The molecule has 0 aliphatic heterocycles. The number of nitrogens with one attached hydrogen (secondary N) is 1. The van der Waals surface area contributed by atoms with E-state index in [9.17, 15) is 9.59 Å². The Morgan fingerprint density at radius 2 is 1.82 bits per heavy atom. The lowest BCUT2D eigenvalue weighted by Crippen LogP contribution is -2.16. The van der Waals surface area contributed by atoms with Crippen LogP contribution < -0.4 is 5.32 Å². The number of methoxy groups -OCH3 is 1. The predicted octanol–water partition coefficient (Wildman–Crippen LogP) is 5.41. The number of carbonyl (C=O) groups is 2. The zero-order valence-corrected chi connectivity index (χ0v) is 21.0. The van der Waals surface area contributed by atoms with E-state index >= 15 is 0 Å². The Kier molecular flexibility index (Phi) is 6.96. The van der Waals surface area contributed by atoms with Gasteiger partial charge in [-0.25, -0.2) is 4.79 Å². The number of aryl methyl sites for hydroxylation is 1. The Bertz CT molecular complexity index is 1310. The fourth-order valence-electron chi connectivity index (χ4n) is 3.29. The summed E-state index contributed by atoms with van der Waals surface area (Å²) in [5.74, 6) is 0.182. The van der Waals surface area contributed by atoms with Crippen molar-refractivity contribution in [3.05, 3.63) is 57.1 Å². The van der Waals surface area contributed by atoms with E-state index in [0.29, 0.717) is 15.7 Å². The van der Waals surface area contributed by atoms with Crippen LogP contribution >= 0.6 is 34.4 Å².